The van der Waals surface area contributed by atoms with Crippen LogP contribution < -0.4 is 14.8 Å². The first-order valence-electron chi connectivity index (χ1n) is 10.7. The normalized spacial score (nSPS) is 10.7. The van der Waals surface area contributed by atoms with Crippen LogP contribution in [0.15, 0.2) is 72.3 Å². The number of anilines is 1. The number of aromatic carboxylic acids is 1. The second-order valence-corrected chi connectivity index (χ2v) is 7.36. The van der Waals surface area contributed by atoms with Gasteiger partial charge in [-0.2, -0.15) is 5.26 Å². The molecule has 0 spiro atoms. The van der Waals surface area contributed by atoms with E-state index in [-0.39, 0.29) is 29.1 Å². The van der Waals surface area contributed by atoms with Gasteiger partial charge in [0.15, 0.2) is 11.5 Å². The SMILES string of the molecule is CCOc1cc(C=C(C#N)C(=O)Nc2cccc(C(=O)O)c2)ccc1OCc1ccc([N+](=O)[O-])cc1. The lowest BCUT2D eigenvalue weighted by Crippen LogP contribution is -2.14. The fraction of sp³-hybridized carbons (Fsp3) is 0.115. The third kappa shape index (κ3) is 6.68. The van der Waals surface area contributed by atoms with Crippen molar-refractivity contribution in [1.29, 1.82) is 5.26 Å². The van der Waals surface area contributed by atoms with Crippen LogP contribution in [0.2, 0.25) is 0 Å². The molecule has 10 nitrogen and oxygen atoms in total. The van der Waals surface area contributed by atoms with Crippen LogP contribution in [0.3, 0.4) is 0 Å². The van der Waals surface area contributed by atoms with E-state index in [0.29, 0.717) is 23.7 Å². The molecule has 36 heavy (non-hydrogen) atoms. The Morgan fingerprint density at radius 2 is 1.83 bits per heavy atom. The molecule has 0 heterocycles. The number of nitro groups is 1. The van der Waals surface area contributed by atoms with E-state index < -0.39 is 16.8 Å². The van der Waals surface area contributed by atoms with Crippen molar-refractivity contribution < 1.29 is 29.1 Å². The van der Waals surface area contributed by atoms with Crippen LogP contribution >= 0.6 is 0 Å². The van der Waals surface area contributed by atoms with E-state index in [1.807, 2.05) is 6.07 Å². The third-order valence-corrected chi connectivity index (χ3v) is 4.85. The average Bonchev–Trinajstić information content (AvgIpc) is 2.87. The van der Waals surface area contributed by atoms with Gasteiger partial charge in [0.25, 0.3) is 11.6 Å². The number of non-ortho nitro benzene ring substituents is 1. The van der Waals surface area contributed by atoms with Gasteiger partial charge in [-0.3, -0.25) is 14.9 Å². The highest BCUT2D eigenvalue weighted by atomic mass is 16.6. The number of carbonyl (C=O) groups is 2. The molecule has 0 saturated heterocycles. The first-order chi connectivity index (χ1) is 17.3. The van der Waals surface area contributed by atoms with E-state index in [9.17, 15) is 25.0 Å². The number of carboxylic acids is 1. The van der Waals surface area contributed by atoms with Crippen molar-refractivity contribution in [2.75, 3.05) is 11.9 Å². The number of hydrogen-bond acceptors (Lipinski definition) is 7. The van der Waals surface area contributed by atoms with Crippen molar-refractivity contribution >= 4 is 29.3 Å². The smallest absolute Gasteiger partial charge is 0.335 e. The summed E-state index contributed by atoms with van der Waals surface area (Å²) in [5, 5.41) is 31.9. The van der Waals surface area contributed by atoms with Gasteiger partial charge in [-0.15, -0.1) is 0 Å². The number of benzene rings is 3. The van der Waals surface area contributed by atoms with Crippen molar-refractivity contribution in [3.8, 4) is 17.6 Å². The topological polar surface area (TPSA) is 152 Å². The fourth-order valence-electron chi connectivity index (χ4n) is 3.12. The Bertz CT molecular complexity index is 1360. The number of hydrogen-bond donors (Lipinski definition) is 2. The molecule has 0 bridgehead atoms. The predicted octanol–water partition coefficient (Wildman–Crippen LogP) is 4.82. The molecule has 0 saturated carbocycles. The Kier molecular flexibility index (Phi) is 8.35. The number of nitrogens with one attached hydrogen (secondary N) is 1. The molecule has 3 aromatic carbocycles. The summed E-state index contributed by atoms with van der Waals surface area (Å²) < 4.78 is 11.5. The molecule has 0 radical (unpaired) electrons. The molecule has 0 aliphatic carbocycles. The van der Waals surface area contributed by atoms with Gasteiger partial charge >= 0.3 is 5.97 Å². The second-order valence-electron chi connectivity index (χ2n) is 7.36. The molecule has 0 fully saturated rings. The van der Waals surface area contributed by atoms with Crippen molar-refractivity contribution in [2.24, 2.45) is 0 Å². The largest absolute Gasteiger partial charge is 0.490 e. The number of carbonyl (C=O) groups excluding carboxylic acids is 1. The Balaban J connectivity index is 1.76. The Morgan fingerprint density at radius 3 is 2.47 bits per heavy atom. The summed E-state index contributed by atoms with van der Waals surface area (Å²) in [6.07, 6.45) is 1.37. The van der Waals surface area contributed by atoms with Crippen LogP contribution in [-0.4, -0.2) is 28.5 Å². The molecule has 10 heteroatoms. The van der Waals surface area contributed by atoms with Gasteiger partial charge < -0.3 is 19.9 Å². The zero-order chi connectivity index (χ0) is 26.1. The summed E-state index contributed by atoms with van der Waals surface area (Å²) in [5.41, 5.74) is 1.26. The minimum atomic E-state index is -1.14. The van der Waals surface area contributed by atoms with Crippen molar-refractivity contribution in [1.82, 2.24) is 0 Å². The third-order valence-electron chi connectivity index (χ3n) is 4.85. The number of carboxylic acid groups (broad SMARTS) is 1. The highest BCUT2D eigenvalue weighted by Crippen LogP contribution is 2.30. The molecule has 1 amide bonds. The lowest BCUT2D eigenvalue weighted by Gasteiger charge is -2.13. The van der Waals surface area contributed by atoms with Crippen LogP contribution in [0.25, 0.3) is 6.08 Å². The zero-order valence-electron chi connectivity index (χ0n) is 19.1. The molecular weight excluding hydrogens is 466 g/mol. The van der Waals surface area contributed by atoms with Gasteiger partial charge in [0.2, 0.25) is 0 Å². The Hall–Kier alpha value is -5.17. The number of amides is 1. The van der Waals surface area contributed by atoms with Crippen molar-refractivity contribution in [2.45, 2.75) is 13.5 Å². The molecule has 2 N–H and O–H groups in total. The summed E-state index contributed by atoms with van der Waals surface area (Å²) in [6, 6.07) is 18.4. The van der Waals surface area contributed by atoms with Crippen LogP contribution in [0.1, 0.15) is 28.4 Å². The van der Waals surface area contributed by atoms with Crippen LogP contribution in [-0.2, 0) is 11.4 Å². The molecule has 0 atom stereocenters. The first kappa shape index (κ1) is 25.5. The molecule has 0 unspecified atom stereocenters. The van der Waals surface area contributed by atoms with Gasteiger partial charge in [0.05, 0.1) is 17.1 Å². The molecular formula is C26H21N3O7. The zero-order valence-corrected chi connectivity index (χ0v) is 19.1. The van der Waals surface area contributed by atoms with Crippen LogP contribution in [0.4, 0.5) is 11.4 Å². The molecule has 0 aromatic heterocycles. The lowest BCUT2D eigenvalue weighted by atomic mass is 10.1. The van der Waals surface area contributed by atoms with Crippen LogP contribution in [0, 0.1) is 21.4 Å². The highest BCUT2D eigenvalue weighted by molar-refractivity contribution is 6.10. The summed E-state index contributed by atoms with van der Waals surface area (Å²) in [7, 11) is 0. The van der Waals surface area contributed by atoms with E-state index in [1.54, 1.807) is 37.3 Å². The minimum Gasteiger partial charge on any atom is -0.490 e. The van der Waals surface area contributed by atoms with E-state index in [1.165, 1.54) is 42.5 Å². The van der Waals surface area contributed by atoms with Crippen LogP contribution in [0.5, 0.6) is 11.5 Å². The average molecular weight is 487 g/mol. The van der Waals surface area contributed by atoms with Gasteiger partial charge in [-0.05, 0) is 66.6 Å². The molecule has 182 valence electrons. The van der Waals surface area contributed by atoms with E-state index >= 15 is 0 Å². The molecule has 3 aromatic rings. The Labute approximate surface area is 206 Å². The number of rotatable bonds is 10. The molecule has 0 aliphatic heterocycles. The second kappa shape index (κ2) is 11.8. The number of ether oxygens (including phenoxy) is 2. The lowest BCUT2D eigenvalue weighted by molar-refractivity contribution is -0.384. The number of nitro benzene ring substituents is 1. The summed E-state index contributed by atoms with van der Waals surface area (Å²) >= 11 is 0. The van der Waals surface area contributed by atoms with Crippen molar-refractivity contribution in [3.05, 3.63) is 99.1 Å². The summed E-state index contributed by atoms with van der Waals surface area (Å²) in [6.45, 7) is 2.28. The maximum absolute atomic E-state index is 12.6. The maximum atomic E-state index is 12.6. The first-order valence-corrected chi connectivity index (χ1v) is 10.7. The number of nitrogens with zero attached hydrogens (tertiary/aromatic N) is 2. The maximum Gasteiger partial charge on any atom is 0.335 e. The quantitative estimate of drug-likeness (QED) is 0.179. The monoisotopic (exact) mass is 487 g/mol. The fourth-order valence-corrected chi connectivity index (χ4v) is 3.12. The van der Waals surface area contributed by atoms with Gasteiger partial charge in [-0.1, -0.05) is 12.1 Å². The molecule has 0 aliphatic rings. The summed E-state index contributed by atoms with van der Waals surface area (Å²) in [4.78, 5) is 34.0. The summed E-state index contributed by atoms with van der Waals surface area (Å²) in [5.74, 6) is -1.03. The highest BCUT2D eigenvalue weighted by Gasteiger charge is 2.13. The van der Waals surface area contributed by atoms with Gasteiger partial charge in [0.1, 0.15) is 18.2 Å². The predicted molar refractivity (Wildman–Crippen MR) is 131 cm³/mol. The standard InChI is InChI=1S/C26H21N3O7/c1-2-35-24-13-18(8-11-23(24)36-16-17-6-9-22(10-7-17)29(33)34)12-20(15-27)25(30)28-21-5-3-4-19(14-21)26(31)32/h3-14H,2,16H2,1H3,(H,28,30)(H,31,32). The molecule has 3 rings (SSSR count). The van der Waals surface area contributed by atoms with Crippen molar-refractivity contribution in [3.63, 3.8) is 0 Å². The van der Waals surface area contributed by atoms with Gasteiger partial charge in [0, 0.05) is 17.8 Å². The van der Waals surface area contributed by atoms with E-state index in [0.717, 1.165) is 5.56 Å². The van der Waals surface area contributed by atoms with E-state index in [4.69, 9.17) is 14.6 Å². The number of nitriles is 1. The minimum absolute atomic E-state index is 0.000887. The van der Waals surface area contributed by atoms with E-state index in [2.05, 4.69) is 5.32 Å². The Morgan fingerprint density at radius 1 is 1.08 bits per heavy atom. The van der Waals surface area contributed by atoms with Gasteiger partial charge in [-0.25, -0.2) is 4.79 Å².